The number of aryl methyl sites for hydroxylation is 1. The number of rotatable bonds is 6. The number of amides is 1. The quantitative estimate of drug-likeness (QED) is 0.821. The molecule has 1 N–H and O–H groups in total. The summed E-state index contributed by atoms with van der Waals surface area (Å²) in [5, 5.41) is 2.97. The van der Waals surface area contributed by atoms with Gasteiger partial charge in [0.2, 0.25) is 5.91 Å². The molecule has 0 unspecified atom stereocenters. The van der Waals surface area contributed by atoms with E-state index < -0.39 is 0 Å². The summed E-state index contributed by atoms with van der Waals surface area (Å²) in [6, 6.07) is 11.9. The zero-order valence-electron chi connectivity index (χ0n) is 14.5. The van der Waals surface area contributed by atoms with Crippen molar-refractivity contribution in [1.82, 2.24) is 10.3 Å². The lowest BCUT2D eigenvalue weighted by Gasteiger charge is -2.31. The molecule has 1 amide bonds. The third-order valence-corrected chi connectivity index (χ3v) is 4.37. The molecular weight excluding hydrogens is 316 g/mol. The number of carbonyl (C=O) groups is 1. The summed E-state index contributed by atoms with van der Waals surface area (Å²) in [5.41, 5.74) is 2.27. The standard InChI is InChI=1S/C20H24N2O3/c1-15-6-8-16(9-7-15)19-18(5-3-12-25-19)20(23)22-11-13-24-17-4-2-10-21-14-17/h2,4,6-10,14,18-19H,3,5,11-13H2,1H3,(H,22,23)/t18-,19-/m0/s1. The Hall–Kier alpha value is -2.40. The fourth-order valence-corrected chi connectivity index (χ4v) is 3.04. The van der Waals surface area contributed by atoms with Gasteiger partial charge in [-0.2, -0.15) is 0 Å². The molecule has 5 nitrogen and oxygen atoms in total. The van der Waals surface area contributed by atoms with Gasteiger partial charge in [0.15, 0.2) is 0 Å². The number of pyridine rings is 1. The molecular formula is C20H24N2O3. The zero-order chi connectivity index (χ0) is 17.5. The third-order valence-electron chi connectivity index (χ3n) is 4.37. The highest BCUT2D eigenvalue weighted by Gasteiger charge is 2.32. The highest BCUT2D eigenvalue weighted by atomic mass is 16.5. The number of carbonyl (C=O) groups excluding carboxylic acids is 1. The monoisotopic (exact) mass is 340 g/mol. The average molecular weight is 340 g/mol. The van der Waals surface area contributed by atoms with Crippen LogP contribution in [0.5, 0.6) is 5.75 Å². The lowest BCUT2D eigenvalue weighted by atomic mass is 9.88. The van der Waals surface area contributed by atoms with Crippen molar-refractivity contribution in [1.29, 1.82) is 0 Å². The Balaban J connectivity index is 1.53. The Morgan fingerprint density at radius 1 is 1.32 bits per heavy atom. The number of nitrogens with one attached hydrogen (secondary N) is 1. The summed E-state index contributed by atoms with van der Waals surface area (Å²) < 4.78 is 11.5. The van der Waals surface area contributed by atoms with Gasteiger partial charge in [0.25, 0.3) is 0 Å². The van der Waals surface area contributed by atoms with Gasteiger partial charge in [-0.3, -0.25) is 9.78 Å². The SMILES string of the molecule is Cc1ccc([C@@H]2OCCC[C@@H]2C(=O)NCCOc2cccnc2)cc1. The Kier molecular flexibility index (Phi) is 6.01. The molecule has 2 heterocycles. The van der Waals surface area contributed by atoms with Crippen molar-refractivity contribution >= 4 is 5.91 Å². The summed E-state index contributed by atoms with van der Waals surface area (Å²) >= 11 is 0. The first-order chi connectivity index (χ1) is 12.2. The van der Waals surface area contributed by atoms with Crippen LogP contribution in [-0.4, -0.2) is 30.6 Å². The van der Waals surface area contributed by atoms with Gasteiger partial charge < -0.3 is 14.8 Å². The van der Waals surface area contributed by atoms with Gasteiger partial charge in [-0.25, -0.2) is 0 Å². The van der Waals surface area contributed by atoms with Gasteiger partial charge >= 0.3 is 0 Å². The van der Waals surface area contributed by atoms with Crippen LogP contribution in [0, 0.1) is 12.8 Å². The molecule has 132 valence electrons. The topological polar surface area (TPSA) is 60.5 Å². The van der Waals surface area contributed by atoms with Crippen molar-refractivity contribution in [2.45, 2.75) is 25.9 Å². The normalized spacial score (nSPS) is 20.0. The van der Waals surface area contributed by atoms with E-state index in [2.05, 4.69) is 41.5 Å². The van der Waals surface area contributed by atoms with Crippen LogP contribution in [-0.2, 0) is 9.53 Å². The second-order valence-corrected chi connectivity index (χ2v) is 6.28. The molecule has 5 heteroatoms. The number of nitrogens with zero attached hydrogens (tertiary/aromatic N) is 1. The van der Waals surface area contributed by atoms with Crippen LogP contribution in [0.25, 0.3) is 0 Å². The van der Waals surface area contributed by atoms with Crippen molar-refractivity contribution in [3.63, 3.8) is 0 Å². The Bertz CT molecular complexity index is 673. The van der Waals surface area contributed by atoms with E-state index in [0.717, 1.165) is 18.4 Å². The minimum atomic E-state index is -0.173. The van der Waals surface area contributed by atoms with Crippen LogP contribution >= 0.6 is 0 Å². The number of hydrogen-bond acceptors (Lipinski definition) is 4. The maximum Gasteiger partial charge on any atom is 0.226 e. The van der Waals surface area contributed by atoms with E-state index in [4.69, 9.17) is 9.47 Å². The van der Waals surface area contributed by atoms with Crippen molar-refractivity contribution < 1.29 is 14.3 Å². The van der Waals surface area contributed by atoms with Crippen LogP contribution in [0.15, 0.2) is 48.8 Å². The molecule has 1 aromatic heterocycles. The minimum Gasteiger partial charge on any atom is -0.490 e. The van der Waals surface area contributed by atoms with E-state index in [0.29, 0.717) is 25.5 Å². The lowest BCUT2D eigenvalue weighted by molar-refractivity contribution is -0.134. The van der Waals surface area contributed by atoms with E-state index in [1.54, 1.807) is 12.4 Å². The Morgan fingerprint density at radius 2 is 2.16 bits per heavy atom. The summed E-state index contributed by atoms with van der Waals surface area (Å²) in [7, 11) is 0. The number of ether oxygens (including phenoxy) is 2. The van der Waals surface area contributed by atoms with Gasteiger partial charge in [0.05, 0.1) is 24.8 Å². The molecule has 0 bridgehead atoms. The molecule has 0 saturated carbocycles. The largest absolute Gasteiger partial charge is 0.490 e. The molecule has 1 aliphatic heterocycles. The molecule has 1 aromatic carbocycles. The number of aromatic nitrogens is 1. The Morgan fingerprint density at radius 3 is 2.92 bits per heavy atom. The van der Waals surface area contributed by atoms with Crippen LogP contribution in [0.3, 0.4) is 0 Å². The third kappa shape index (κ3) is 4.79. The number of benzene rings is 1. The predicted octanol–water partition coefficient (Wildman–Crippen LogP) is 3.05. The predicted molar refractivity (Wildman–Crippen MR) is 95.3 cm³/mol. The second-order valence-electron chi connectivity index (χ2n) is 6.28. The highest BCUT2D eigenvalue weighted by molar-refractivity contribution is 5.79. The summed E-state index contributed by atoms with van der Waals surface area (Å²) in [6.07, 6.45) is 4.93. The maximum absolute atomic E-state index is 12.6. The molecule has 25 heavy (non-hydrogen) atoms. The smallest absolute Gasteiger partial charge is 0.226 e. The Labute approximate surface area is 148 Å². The van der Waals surface area contributed by atoms with Gasteiger partial charge in [-0.1, -0.05) is 29.8 Å². The van der Waals surface area contributed by atoms with E-state index in [9.17, 15) is 4.79 Å². The van der Waals surface area contributed by atoms with E-state index in [-0.39, 0.29) is 17.9 Å². The van der Waals surface area contributed by atoms with Gasteiger partial charge in [-0.15, -0.1) is 0 Å². The minimum absolute atomic E-state index is 0.0278. The first-order valence-electron chi connectivity index (χ1n) is 8.73. The summed E-state index contributed by atoms with van der Waals surface area (Å²) in [6.45, 7) is 3.63. The summed E-state index contributed by atoms with van der Waals surface area (Å²) in [5.74, 6) is 0.574. The molecule has 0 radical (unpaired) electrons. The van der Waals surface area contributed by atoms with Gasteiger partial charge in [0, 0.05) is 12.8 Å². The molecule has 3 rings (SSSR count). The van der Waals surface area contributed by atoms with E-state index in [1.165, 1.54) is 5.56 Å². The first-order valence-corrected chi connectivity index (χ1v) is 8.73. The average Bonchev–Trinajstić information content (AvgIpc) is 2.66. The van der Waals surface area contributed by atoms with Crippen molar-refractivity contribution in [3.8, 4) is 5.75 Å². The van der Waals surface area contributed by atoms with Gasteiger partial charge in [-0.05, 0) is 37.5 Å². The fraction of sp³-hybridized carbons (Fsp3) is 0.400. The van der Waals surface area contributed by atoms with E-state index in [1.807, 2.05) is 12.1 Å². The molecule has 2 atom stereocenters. The highest BCUT2D eigenvalue weighted by Crippen LogP contribution is 2.33. The van der Waals surface area contributed by atoms with Crippen LogP contribution in [0.2, 0.25) is 0 Å². The number of hydrogen-bond donors (Lipinski definition) is 1. The molecule has 1 aliphatic rings. The fourth-order valence-electron chi connectivity index (χ4n) is 3.04. The van der Waals surface area contributed by atoms with Gasteiger partial charge in [0.1, 0.15) is 12.4 Å². The molecule has 1 saturated heterocycles. The first kappa shape index (κ1) is 17.4. The van der Waals surface area contributed by atoms with Crippen LogP contribution < -0.4 is 10.1 Å². The van der Waals surface area contributed by atoms with Crippen molar-refractivity contribution in [2.24, 2.45) is 5.92 Å². The molecule has 2 aromatic rings. The lowest BCUT2D eigenvalue weighted by Crippen LogP contribution is -2.39. The van der Waals surface area contributed by atoms with Crippen LogP contribution in [0.1, 0.15) is 30.1 Å². The van der Waals surface area contributed by atoms with E-state index >= 15 is 0 Å². The van der Waals surface area contributed by atoms with Crippen molar-refractivity contribution in [3.05, 3.63) is 59.9 Å². The maximum atomic E-state index is 12.6. The molecule has 0 spiro atoms. The van der Waals surface area contributed by atoms with Crippen molar-refractivity contribution in [2.75, 3.05) is 19.8 Å². The second kappa shape index (κ2) is 8.62. The molecule has 0 aliphatic carbocycles. The molecule has 1 fully saturated rings. The van der Waals surface area contributed by atoms with Crippen LogP contribution in [0.4, 0.5) is 0 Å². The summed E-state index contributed by atoms with van der Waals surface area (Å²) in [4.78, 5) is 16.6. The zero-order valence-corrected chi connectivity index (χ0v) is 14.5.